The fraction of sp³-hybridized carbons (Fsp3) is 0.556. The van der Waals surface area contributed by atoms with Crippen LogP contribution in [-0.2, 0) is 0 Å². The Kier molecular flexibility index (Phi) is 3.56. The normalized spacial score (nSPS) is 11.9. The molecule has 0 aromatic carbocycles. The molecule has 0 aliphatic carbocycles. The van der Waals surface area contributed by atoms with Gasteiger partial charge in [0.25, 0.3) is 0 Å². The summed E-state index contributed by atoms with van der Waals surface area (Å²) in [6.45, 7) is 2.21. The van der Waals surface area contributed by atoms with Crippen LogP contribution in [0.3, 0.4) is 0 Å². The Morgan fingerprint density at radius 3 is 2.19 bits per heavy atom. The highest BCUT2D eigenvalue weighted by atomic mass is 19.4. The van der Waals surface area contributed by atoms with Crippen molar-refractivity contribution in [2.45, 2.75) is 26.1 Å². The second-order valence-corrected chi connectivity index (χ2v) is 3.65. The van der Waals surface area contributed by atoms with Crippen molar-refractivity contribution in [3.05, 3.63) is 12.4 Å². The third-order valence-electron chi connectivity index (χ3n) is 1.89. The fourth-order valence-corrected chi connectivity index (χ4v) is 1.16. The topological polar surface area (TPSA) is 55.0 Å². The molecule has 0 amide bonds. The van der Waals surface area contributed by atoms with Gasteiger partial charge < -0.3 is 10.6 Å². The predicted octanol–water partition coefficient (Wildman–Crippen LogP) is 1.84. The molecule has 2 N–H and O–H groups in total. The number of nitrogens with two attached hydrogens (primary N) is 1. The lowest BCUT2D eigenvalue weighted by atomic mass is 10.3. The van der Waals surface area contributed by atoms with E-state index >= 15 is 0 Å². The molecule has 16 heavy (non-hydrogen) atoms. The van der Waals surface area contributed by atoms with E-state index in [1.165, 1.54) is 12.4 Å². The van der Waals surface area contributed by atoms with Crippen LogP contribution in [0, 0.1) is 0 Å². The van der Waals surface area contributed by atoms with Crippen LogP contribution in [0.15, 0.2) is 12.4 Å². The van der Waals surface area contributed by atoms with Gasteiger partial charge in [-0.25, -0.2) is 9.97 Å². The standard InChI is InChI=1S/C9H13F3N4/c1-6(2)16(5-9(10,11)12)8-14-3-7(13)4-15-8/h3-4,6H,5,13H2,1-2H3. The maximum absolute atomic E-state index is 12.3. The minimum absolute atomic E-state index is 0.0292. The number of nitrogens with zero attached hydrogens (tertiary/aromatic N) is 3. The van der Waals surface area contributed by atoms with Gasteiger partial charge in [-0.3, -0.25) is 0 Å². The Hall–Kier alpha value is -1.53. The molecular weight excluding hydrogens is 221 g/mol. The monoisotopic (exact) mass is 234 g/mol. The molecule has 4 nitrogen and oxygen atoms in total. The van der Waals surface area contributed by atoms with Gasteiger partial charge in [-0.15, -0.1) is 0 Å². The third-order valence-corrected chi connectivity index (χ3v) is 1.89. The zero-order valence-electron chi connectivity index (χ0n) is 8.99. The van der Waals surface area contributed by atoms with Crippen LogP contribution < -0.4 is 10.6 Å². The summed E-state index contributed by atoms with van der Waals surface area (Å²) in [5, 5.41) is 0. The average molecular weight is 234 g/mol. The van der Waals surface area contributed by atoms with Crippen LogP contribution in [-0.4, -0.2) is 28.7 Å². The molecule has 0 fully saturated rings. The zero-order chi connectivity index (χ0) is 12.3. The average Bonchev–Trinajstić information content (AvgIpc) is 2.14. The molecule has 0 atom stereocenters. The van der Waals surface area contributed by atoms with E-state index in [2.05, 4.69) is 9.97 Å². The molecule has 0 unspecified atom stereocenters. The lowest BCUT2D eigenvalue weighted by molar-refractivity contribution is -0.120. The van der Waals surface area contributed by atoms with Crippen LogP contribution in [0.2, 0.25) is 0 Å². The van der Waals surface area contributed by atoms with Crippen LogP contribution in [0.5, 0.6) is 0 Å². The van der Waals surface area contributed by atoms with Gasteiger partial charge in [0.2, 0.25) is 5.95 Å². The van der Waals surface area contributed by atoms with Gasteiger partial charge in [-0.1, -0.05) is 0 Å². The SMILES string of the molecule is CC(C)N(CC(F)(F)F)c1ncc(N)cn1. The van der Waals surface area contributed by atoms with Crippen LogP contribution in [0.1, 0.15) is 13.8 Å². The minimum atomic E-state index is -4.28. The molecule has 0 aliphatic heterocycles. The molecule has 1 rings (SSSR count). The lowest BCUT2D eigenvalue weighted by Gasteiger charge is -2.27. The fourth-order valence-electron chi connectivity index (χ4n) is 1.16. The van der Waals surface area contributed by atoms with Gasteiger partial charge in [0.05, 0.1) is 18.1 Å². The van der Waals surface area contributed by atoms with Crippen molar-refractivity contribution in [2.75, 3.05) is 17.2 Å². The molecule has 0 radical (unpaired) electrons. The molecule has 7 heteroatoms. The van der Waals surface area contributed by atoms with Gasteiger partial charge in [0, 0.05) is 6.04 Å². The highest BCUT2D eigenvalue weighted by Gasteiger charge is 2.32. The summed E-state index contributed by atoms with van der Waals surface area (Å²) >= 11 is 0. The van der Waals surface area contributed by atoms with E-state index in [-0.39, 0.29) is 12.0 Å². The van der Waals surface area contributed by atoms with Gasteiger partial charge in [-0.05, 0) is 13.8 Å². The first-order valence-electron chi connectivity index (χ1n) is 4.70. The Morgan fingerprint density at radius 2 is 1.81 bits per heavy atom. The maximum Gasteiger partial charge on any atom is 0.406 e. The van der Waals surface area contributed by atoms with Gasteiger partial charge in [0.15, 0.2) is 0 Å². The van der Waals surface area contributed by atoms with E-state index in [9.17, 15) is 13.2 Å². The number of hydrogen-bond acceptors (Lipinski definition) is 4. The first-order valence-corrected chi connectivity index (χ1v) is 4.70. The molecule has 0 aliphatic rings. The summed E-state index contributed by atoms with van der Waals surface area (Å²) in [6, 6.07) is -0.342. The number of alkyl halides is 3. The van der Waals surface area contributed by atoms with Crippen molar-refractivity contribution in [1.82, 2.24) is 9.97 Å². The van der Waals surface area contributed by atoms with E-state index in [1.54, 1.807) is 13.8 Å². The largest absolute Gasteiger partial charge is 0.406 e. The van der Waals surface area contributed by atoms with Crippen molar-refractivity contribution < 1.29 is 13.2 Å². The molecular formula is C9H13F3N4. The van der Waals surface area contributed by atoms with Gasteiger partial charge >= 0.3 is 6.18 Å². The van der Waals surface area contributed by atoms with Crippen molar-refractivity contribution in [3.63, 3.8) is 0 Å². The summed E-state index contributed by atoms with van der Waals surface area (Å²) in [5.74, 6) is 0.0292. The number of aromatic nitrogens is 2. The molecule has 1 heterocycles. The van der Waals surface area contributed by atoms with Crippen molar-refractivity contribution in [1.29, 1.82) is 0 Å². The van der Waals surface area contributed by atoms with Crippen LogP contribution in [0.4, 0.5) is 24.8 Å². The summed E-state index contributed by atoms with van der Waals surface area (Å²) < 4.78 is 36.9. The highest BCUT2D eigenvalue weighted by molar-refractivity contribution is 5.38. The van der Waals surface area contributed by atoms with E-state index in [1.807, 2.05) is 0 Å². The molecule has 0 saturated heterocycles. The number of anilines is 2. The van der Waals surface area contributed by atoms with Crippen molar-refractivity contribution in [3.8, 4) is 0 Å². The highest BCUT2D eigenvalue weighted by Crippen LogP contribution is 2.21. The summed E-state index contributed by atoms with van der Waals surface area (Å²) in [4.78, 5) is 8.62. The maximum atomic E-state index is 12.3. The molecule has 0 bridgehead atoms. The number of halogens is 3. The molecule has 0 spiro atoms. The second kappa shape index (κ2) is 4.54. The van der Waals surface area contributed by atoms with Crippen LogP contribution in [0.25, 0.3) is 0 Å². The van der Waals surface area contributed by atoms with Gasteiger partial charge in [-0.2, -0.15) is 13.2 Å². The van der Waals surface area contributed by atoms with E-state index < -0.39 is 12.7 Å². The Bertz CT molecular complexity index is 334. The number of hydrogen-bond donors (Lipinski definition) is 1. The molecule has 1 aromatic heterocycles. The predicted molar refractivity (Wildman–Crippen MR) is 55.0 cm³/mol. The molecule has 1 aromatic rings. The lowest BCUT2D eigenvalue weighted by Crippen LogP contribution is -2.40. The Balaban J connectivity index is 2.90. The van der Waals surface area contributed by atoms with Gasteiger partial charge in [0.1, 0.15) is 6.54 Å². The van der Waals surface area contributed by atoms with E-state index in [0.29, 0.717) is 5.69 Å². The summed E-state index contributed by atoms with van der Waals surface area (Å²) in [6.07, 6.45) is -1.71. The summed E-state index contributed by atoms with van der Waals surface area (Å²) in [5.41, 5.74) is 5.68. The summed E-state index contributed by atoms with van der Waals surface area (Å²) in [7, 11) is 0. The van der Waals surface area contributed by atoms with E-state index in [4.69, 9.17) is 5.73 Å². The molecule has 0 saturated carbocycles. The minimum Gasteiger partial charge on any atom is -0.396 e. The Labute approximate surface area is 91.3 Å². The first-order chi connectivity index (χ1) is 7.29. The first kappa shape index (κ1) is 12.5. The second-order valence-electron chi connectivity index (χ2n) is 3.65. The third kappa shape index (κ3) is 3.56. The quantitative estimate of drug-likeness (QED) is 0.866. The molecule has 90 valence electrons. The van der Waals surface area contributed by atoms with Crippen molar-refractivity contribution >= 4 is 11.6 Å². The smallest absolute Gasteiger partial charge is 0.396 e. The Morgan fingerprint density at radius 1 is 1.31 bits per heavy atom. The van der Waals surface area contributed by atoms with Crippen molar-refractivity contribution in [2.24, 2.45) is 0 Å². The zero-order valence-corrected chi connectivity index (χ0v) is 8.99. The number of nitrogen functional groups attached to an aromatic ring is 1. The van der Waals surface area contributed by atoms with Crippen LogP contribution >= 0.6 is 0 Å². The van der Waals surface area contributed by atoms with E-state index in [0.717, 1.165) is 4.90 Å². The number of rotatable bonds is 3.